The van der Waals surface area contributed by atoms with E-state index >= 15 is 0 Å². The first-order valence-electron chi connectivity index (χ1n) is 3.88. The molecule has 0 unspecified atom stereocenters. The van der Waals surface area contributed by atoms with Gasteiger partial charge in [0, 0.05) is 5.92 Å². The quantitative estimate of drug-likeness (QED) is 0.497. The van der Waals surface area contributed by atoms with Crippen LogP contribution in [0.3, 0.4) is 0 Å². The fourth-order valence-corrected chi connectivity index (χ4v) is 1.86. The summed E-state index contributed by atoms with van der Waals surface area (Å²) in [5.74, 6) is 0.457. The molecule has 0 aliphatic carbocycles. The number of hydrogen-bond donors (Lipinski definition) is 2. The highest BCUT2D eigenvalue weighted by Gasteiger charge is 2.44. The molecule has 62 valence electrons. The molecule has 0 aromatic rings. The van der Waals surface area contributed by atoms with Crippen molar-refractivity contribution in [1.82, 2.24) is 10.6 Å². The van der Waals surface area contributed by atoms with E-state index in [1.807, 2.05) is 7.05 Å². The second-order valence-corrected chi connectivity index (χ2v) is 3.08. The summed E-state index contributed by atoms with van der Waals surface area (Å²) >= 11 is 0. The van der Waals surface area contributed by atoms with Crippen LogP contribution in [0.5, 0.6) is 0 Å². The molecule has 2 saturated heterocycles. The molecule has 4 heteroatoms. The average molecular weight is 156 g/mol. The van der Waals surface area contributed by atoms with E-state index in [-0.39, 0.29) is 18.0 Å². The molecule has 11 heavy (non-hydrogen) atoms. The summed E-state index contributed by atoms with van der Waals surface area (Å²) in [6.45, 7) is 1.38. The molecule has 2 fully saturated rings. The number of likely N-dealkylation sites (N-methyl/N-ethyl adjacent to an activating group) is 1. The number of amides is 1. The van der Waals surface area contributed by atoms with Gasteiger partial charge in [-0.05, 0) is 7.05 Å². The van der Waals surface area contributed by atoms with Crippen molar-refractivity contribution in [3.63, 3.8) is 0 Å². The SMILES string of the molecule is CN[C@H]1C(=O)N[C@@H]2COC[C@@H]21. The standard InChI is InChI=1S/C7H12N2O2/c1-8-6-4-2-11-3-5(4)9-7(6)10/h4-6,8H,2-3H2,1H3,(H,9,10)/t4-,5+,6+/m0/s1. The predicted octanol–water partition coefficient (Wildman–Crippen LogP) is -1.28. The molecule has 0 saturated carbocycles. The van der Waals surface area contributed by atoms with Gasteiger partial charge in [-0.25, -0.2) is 0 Å². The van der Waals surface area contributed by atoms with Gasteiger partial charge in [0.1, 0.15) is 0 Å². The lowest BCUT2D eigenvalue weighted by molar-refractivity contribution is -0.121. The molecule has 2 rings (SSSR count). The molecular weight excluding hydrogens is 144 g/mol. The number of hydrogen-bond acceptors (Lipinski definition) is 3. The van der Waals surface area contributed by atoms with Crippen LogP contribution in [0.4, 0.5) is 0 Å². The zero-order valence-corrected chi connectivity index (χ0v) is 6.46. The maximum Gasteiger partial charge on any atom is 0.237 e. The first-order valence-corrected chi connectivity index (χ1v) is 3.88. The van der Waals surface area contributed by atoms with E-state index in [2.05, 4.69) is 10.6 Å². The molecule has 0 radical (unpaired) electrons. The zero-order chi connectivity index (χ0) is 7.84. The normalized spacial score (nSPS) is 42.3. The third-order valence-corrected chi connectivity index (χ3v) is 2.47. The molecule has 0 aromatic carbocycles. The number of carbonyl (C=O) groups excluding carboxylic acids is 1. The van der Waals surface area contributed by atoms with Gasteiger partial charge in [-0.15, -0.1) is 0 Å². The maximum atomic E-state index is 11.2. The Balaban J connectivity index is 2.13. The summed E-state index contributed by atoms with van der Waals surface area (Å²) in [6.07, 6.45) is 0. The van der Waals surface area contributed by atoms with Crippen molar-refractivity contribution in [2.24, 2.45) is 5.92 Å². The first-order chi connectivity index (χ1) is 5.33. The summed E-state index contributed by atoms with van der Waals surface area (Å²) in [5, 5.41) is 5.88. The van der Waals surface area contributed by atoms with Gasteiger partial charge in [0.25, 0.3) is 0 Å². The van der Waals surface area contributed by atoms with Crippen molar-refractivity contribution in [3.8, 4) is 0 Å². The third kappa shape index (κ3) is 0.937. The lowest BCUT2D eigenvalue weighted by Gasteiger charge is -2.11. The topological polar surface area (TPSA) is 50.4 Å². The summed E-state index contributed by atoms with van der Waals surface area (Å²) in [7, 11) is 1.81. The molecule has 3 atom stereocenters. The Hall–Kier alpha value is -0.610. The van der Waals surface area contributed by atoms with E-state index in [0.29, 0.717) is 19.1 Å². The number of nitrogens with one attached hydrogen (secondary N) is 2. The number of ether oxygens (including phenoxy) is 1. The van der Waals surface area contributed by atoms with E-state index in [0.717, 1.165) is 0 Å². The monoisotopic (exact) mass is 156 g/mol. The molecule has 2 aliphatic heterocycles. The van der Waals surface area contributed by atoms with Crippen LogP contribution in [0.15, 0.2) is 0 Å². The average Bonchev–Trinajstić information content (AvgIpc) is 2.46. The fourth-order valence-electron chi connectivity index (χ4n) is 1.86. The van der Waals surface area contributed by atoms with Crippen molar-refractivity contribution in [2.75, 3.05) is 20.3 Å². The summed E-state index contributed by atoms with van der Waals surface area (Å²) in [5.41, 5.74) is 0. The van der Waals surface area contributed by atoms with Gasteiger partial charge >= 0.3 is 0 Å². The van der Waals surface area contributed by atoms with Crippen molar-refractivity contribution < 1.29 is 9.53 Å². The minimum Gasteiger partial charge on any atom is -0.379 e. The van der Waals surface area contributed by atoms with E-state index in [1.54, 1.807) is 0 Å². The van der Waals surface area contributed by atoms with Crippen LogP contribution >= 0.6 is 0 Å². The van der Waals surface area contributed by atoms with Crippen LogP contribution in [0.25, 0.3) is 0 Å². The van der Waals surface area contributed by atoms with Crippen molar-refractivity contribution in [3.05, 3.63) is 0 Å². The molecule has 2 heterocycles. The Kier molecular flexibility index (Phi) is 1.58. The van der Waals surface area contributed by atoms with Crippen LogP contribution in [0.1, 0.15) is 0 Å². The molecule has 2 aliphatic rings. The largest absolute Gasteiger partial charge is 0.379 e. The lowest BCUT2D eigenvalue weighted by Crippen LogP contribution is -2.38. The number of rotatable bonds is 1. The van der Waals surface area contributed by atoms with E-state index in [4.69, 9.17) is 4.74 Å². The second-order valence-electron chi connectivity index (χ2n) is 3.08. The van der Waals surface area contributed by atoms with E-state index in [1.165, 1.54) is 0 Å². The molecule has 0 aromatic heterocycles. The van der Waals surface area contributed by atoms with Crippen LogP contribution in [-0.4, -0.2) is 38.3 Å². The van der Waals surface area contributed by atoms with Crippen LogP contribution in [0, 0.1) is 5.92 Å². The Morgan fingerprint density at radius 2 is 2.45 bits per heavy atom. The van der Waals surface area contributed by atoms with Crippen molar-refractivity contribution >= 4 is 5.91 Å². The second kappa shape index (κ2) is 2.46. The summed E-state index contributed by atoms with van der Waals surface area (Å²) in [6, 6.07) is 0.211. The molecule has 1 amide bonds. The number of carbonyl (C=O) groups is 1. The van der Waals surface area contributed by atoms with Crippen LogP contribution in [-0.2, 0) is 9.53 Å². The molecular formula is C7H12N2O2. The minimum absolute atomic E-state index is 0.0394. The highest BCUT2D eigenvalue weighted by Crippen LogP contribution is 2.23. The highest BCUT2D eigenvalue weighted by molar-refractivity contribution is 5.85. The van der Waals surface area contributed by atoms with Crippen molar-refractivity contribution in [1.29, 1.82) is 0 Å². The Labute approximate surface area is 65.3 Å². The van der Waals surface area contributed by atoms with Gasteiger partial charge in [0.15, 0.2) is 0 Å². The summed E-state index contributed by atoms with van der Waals surface area (Å²) < 4.78 is 5.24. The first kappa shape index (κ1) is 7.06. The van der Waals surface area contributed by atoms with Gasteiger partial charge in [0.2, 0.25) is 5.91 Å². The van der Waals surface area contributed by atoms with Gasteiger partial charge in [-0.2, -0.15) is 0 Å². The zero-order valence-electron chi connectivity index (χ0n) is 6.46. The summed E-state index contributed by atoms with van der Waals surface area (Å²) in [4.78, 5) is 11.2. The fraction of sp³-hybridized carbons (Fsp3) is 0.857. The van der Waals surface area contributed by atoms with Gasteiger partial charge in [-0.3, -0.25) is 4.79 Å². The molecule has 4 nitrogen and oxygen atoms in total. The Morgan fingerprint density at radius 3 is 3.18 bits per heavy atom. The van der Waals surface area contributed by atoms with Gasteiger partial charge in [0.05, 0.1) is 25.3 Å². The third-order valence-electron chi connectivity index (χ3n) is 2.47. The van der Waals surface area contributed by atoms with E-state index < -0.39 is 0 Å². The van der Waals surface area contributed by atoms with Crippen LogP contribution < -0.4 is 10.6 Å². The Morgan fingerprint density at radius 1 is 1.64 bits per heavy atom. The van der Waals surface area contributed by atoms with E-state index in [9.17, 15) is 4.79 Å². The van der Waals surface area contributed by atoms with Crippen molar-refractivity contribution in [2.45, 2.75) is 12.1 Å². The predicted molar refractivity (Wildman–Crippen MR) is 39.1 cm³/mol. The minimum atomic E-state index is -0.0394. The number of fused-ring (bicyclic) bond motifs is 1. The molecule has 0 bridgehead atoms. The maximum absolute atomic E-state index is 11.2. The smallest absolute Gasteiger partial charge is 0.237 e. The lowest BCUT2D eigenvalue weighted by atomic mass is 10.0. The molecule has 2 N–H and O–H groups in total. The van der Waals surface area contributed by atoms with Gasteiger partial charge in [-0.1, -0.05) is 0 Å². The van der Waals surface area contributed by atoms with Gasteiger partial charge < -0.3 is 15.4 Å². The highest BCUT2D eigenvalue weighted by atomic mass is 16.5. The molecule has 0 spiro atoms. The van der Waals surface area contributed by atoms with Crippen LogP contribution in [0.2, 0.25) is 0 Å². The Bertz CT molecular complexity index is 183.